The van der Waals surface area contributed by atoms with Crippen molar-refractivity contribution in [1.82, 2.24) is 0 Å². The Bertz CT molecular complexity index is 282. The van der Waals surface area contributed by atoms with Crippen molar-refractivity contribution < 1.29 is 0 Å². The van der Waals surface area contributed by atoms with Gasteiger partial charge in [0.1, 0.15) is 0 Å². The normalized spacial score (nSPS) is 48.2. The molecule has 0 aromatic heterocycles. The molecule has 5 aliphatic rings. The lowest BCUT2D eigenvalue weighted by Gasteiger charge is -2.58. The van der Waals surface area contributed by atoms with Crippen molar-refractivity contribution in [2.24, 2.45) is 40.7 Å². The van der Waals surface area contributed by atoms with Gasteiger partial charge in [-0.25, -0.2) is 0 Å². The van der Waals surface area contributed by atoms with Gasteiger partial charge in [-0.1, -0.05) is 19.3 Å². The van der Waals surface area contributed by atoms with E-state index in [1.165, 1.54) is 25.7 Å². The monoisotopic (exact) mass is 247 g/mol. The zero-order valence-corrected chi connectivity index (χ0v) is 11.7. The Morgan fingerprint density at radius 2 is 1.50 bits per heavy atom. The van der Waals surface area contributed by atoms with Gasteiger partial charge in [0.2, 0.25) is 0 Å². The Labute approximate surface area is 112 Å². The van der Waals surface area contributed by atoms with Crippen LogP contribution in [-0.4, -0.2) is 6.54 Å². The van der Waals surface area contributed by atoms with E-state index >= 15 is 0 Å². The maximum Gasteiger partial charge on any atom is -0.00460 e. The summed E-state index contributed by atoms with van der Waals surface area (Å²) in [5, 5.41) is 0. The van der Waals surface area contributed by atoms with Crippen LogP contribution in [0.15, 0.2) is 0 Å². The number of hydrogen-bond acceptors (Lipinski definition) is 1. The highest BCUT2D eigenvalue weighted by atomic mass is 14.6. The fraction of sp³-hybridized carbons (Fsp3) is 1.00. The lowest BCUT2D eigenvalue weighted by molar-refractivity contribution is -0.0714. The van der Waals surface area contributed by atoms with Crippen molar-refractivity contribution in [2.45, 2.75) is 64.2 Å². The minimum atomic E-state index is 0.758. The van der Waals surface area contributed by atoms with Crippen LogP contribution in [-0.2, 0) is 0 Å². The van der Waals surface area contributed by atoms with Crippen LogP contribution in [0.4, 0.5) is 0 Å². The fourth-order valence-corrected chi connectivity index (χ4v) is 6.45. The second-order valence-corrected chi connectivity index (χ2v) is 8.31. The molecule has 5 fully saturated rings. The molecule has 102 valence electrons. The molecule has 1 atom stereocenters. The number of nitrogens with two attached hydrogens (primary N) is 1. The van der Waals surface area contributed by atoms with Crippen LogP contribution in [0.5, 0.6) is 0 Å². The van der Waals surface area contributed by atoms with E-state index < -0.39 is 0 Å². The van der Waals surface area contributed by atoms with Gasteiger partial charge in [-0.3, -0.25) is 0 Å². The first kappa shape index (κ1) is 11.8. The van der Waals surface area contributed by atoms with Gasteiger partial charge in [-0.2, -0.15) is 0 Å². The van der Waals surface area contributed by atoms with Crippen LogP contribution < -0.4 is 5.73 Å². The van der Waals surface area contributed by atoms with E-state index in [1.807, 2.05) is 0 Å². The average Bonchev–Trinajstić information content (AvgIpc) is 2.23. The molecule has 0 aromatic rings. The molecule has 1 unspecified atom stereocenters. The van der Waals surface area contributed by atoms with E-state index in [9.17, 15) is 0 Å². The highest BCUT2D eigenvalue weighted by Gasteiger charge is 2.51. The van der Waals surface area contributed by atoms with Crippen molar-refractivity contribution >= 4 is 0 Å². The van der Waals surface area contributed by atoms with Crippen molar-refractivity contribution in [3.05, 3.63) is 0 Å². The Kier molecular flexibility index (Phi) is 2.76. The molecule has 1 nitrogen and oxygen atoms in total. The standard InChI is InChI=1S/C17H29N/c18-11-16(15-2-1-3-15)10-17-7-12-4-13(8-17)6-14(5-12)9-17/h12-16H,1-11,18H2. The fourth-order valence-electron chi connectivity index (χ4n) is 6.45. The van der Waals surface area contributed by atoms with Gasteiger partial charge in [0.05, 0.1) is 0 Å². The first-order valence-electron chi connectivity index (χ1n) is 8.46. The minimum Gasteiger partial charge on any atom is -0.330 e. The Hall–Kier alpha value is -0.0400. The highest BCUT2D eigenvalue weighted by molar-refractivity contribution is 5.02. The first-order valence-corrected chi connectivity index (χ1v) is 8.46. The summed E-state index contributed by atoms with van der Waals surface area (Å²) in [4.78, 5) is 0. The molecule has 4 bridgehead atoms. The molecule has 0 aliphatic heterocycles. The average molecular weight is 247 g/mol. The molecule has 1 heteroatoms. The molecule has 5 aliphatic carbocycles. The lowest BCUT2D eigenvalue weighted by atomic mass is 9.47. The molecular formula is C17H29N. The molecule has 5 saturated carbocycles. The summed E-state index contributed by atoms with van der Waals surface area (Å²) in [6, 6.07) is 0. The molecule has 0 radical (unpaired) electrons. The van der Waals surface area contributed by atoms with Crippen molar-refractivity contribution in [3.63, 3.8) is 0 Å². The van der Waals surface area contributed by atoms with Crippen molar-refractivity contribution in [2.75, 3.05) is 6.54 Å². The van der Waals surface area contributed by atoms with E-state index in [1.54, 1.807) is 38.5 Å². The zero-order chi connectivity index (χ0) is 12.2. The second kappa shape index (κ2) is 4.23. The Morgan fingerprint density at radius 1 is 0.944 bits per heavy atom. The summed E-state index contributed by atoms with van der Waals surface area (Å²) < 4.78 is 0. The highest BCUT2D eigenvalue weighted by Crippen LogP contribution is 2.62. The molecule has 5 rings (SSSR count). The summed E-state index contributed by atoms with van der Waals surface area (Å²) in [6.45, 7) is 0.965. The number of rotatable bonds is 4. The van der Waals surface area contributed by atoms with E-state index in [2.05, 4.69) is 0 Å². The van der Waals surface area contributed by atoms with Crippen LogP contribution in [0, 0.1) is 35.0 Å². The molecule has 0 amide bonds. The van der Waals surface area contributed by atoms with Gasteiger partial charge in [-0.15, -0.1) is 0 Å². The van der Waals surface area contributed by atoms with Crippen LogP contribution in [0.3, 0.4) is 0 Å². The van der Waals surface area contributed by atoms with Crippen molar-refractivity contribution in [1.29, 1.82) is 0 Å². The largest absolute Gasteiger partial charge is 0.330 e. The van der Waals surface area contributed by atoms with Gasteiger partial charge in [-0.05, 0) is 86.5 Å². The second-order valence-electron chi connectivity index (χ2n) is 8.31. The van der Waals surface area contributed by atoms with Crippen LogP contribution in [0.1, 0.15) is 64.2 Å². The van der Waals surface area contributed by atoms with E-state index in [0.717, 1.165) is 41.5 Å². The van der Waals surface area contributed by atoms with Crippen LogP contribution in [0.25, 0.3) is 0 Å². The third-order valence-corrected chi connectivity index (χ3v) is 6.98. The molecule has 0 aromatic carbocycles. The SMILES string of the molecule is NCC(CC12CC3CC(CC(C3)C1)C2)C1CCC1. The van der Waals surface area contributed by atoms with E-state index in [0.29, 0.717) is 0 Å². The molecule has 0 heterocycles. The Balaban J connectivity index is 1.49. The maximum absolute atomic E-state index is 6.11. The van der Waals surface area contributed by atoms with Crippen molar-refractivity contribution in [3.8, 4) is 0 Å². The van der Waals surface area contributed by atoms with Gasteiger partial charge < -0.3 is 5.73 Å². The summed E-state index contributed by atoms with van der Waals surface area (Å²) in [7, 11) is 0. The smallest absolute Gasteiger partial charge is 0.00460 e. The topological polar surface area (TPSA) is 26.0 Å². The summed E-state index contributed by atoms with van der Waals surface area (Å²) >= 11 is 0. The quantitative estimate of drug-likeness (QED) is 0.799. The summed E-state index contributed by atoms with van der Waals surface area (Å²) in [5.41, 5.74) is 6.87. The predicted octanol–water partition coefficient (Wildman–Crippen LogP) is 3.97. The molecule has 0 saturated heterocycles. The van der Waals surface area contributed by atoms with E-state index in [-0.39, 0.29) is 0 Å². The van der Waals surface area contributed by atoms with Gasteiger partial charge >= 0.3 is 0 Å². The lowest BCUT2D eigenvalue weighted by Crippen LogP contribution is -2.48. The molecule has 0 spiro atoms. The van der Waals surface area contributed by atoms with Gasteiger partial charge in [0, 0.05) is 0 Å². The predicted molar refractivity (Wildman–Crippen MR) is 75.1 cm³/mol. The molecular weight excluding hydrogens is 218 g/mol. The summed E-state index contributed by atoms with van der Waals surface area (Å²) in [5.74, 6) is 5.20. The third-order valence-electron chi connectivity index (χ3n) is 6.98. The third kappa shape index (κ3) is 1.85. The first-order chi connectivity index (χ1) is 8.76. The minimum absolute atomic E-state index is 0.758. The van der Waals surface area contributed by atoms with Gasteiger partial charge in [0.25, 0.3) is 0 Å². The van der Waals surface area contributed by atoms with Crippen LogP contribution >= 0.6 is 0 Å². The van der Waals surface area contributed by atoms with Crippen LogP contribution in [0.2, 0.25) is 0 Å². The van der Waals surface area contributed by atoms with Gasteiger partial charge in [0.15, 0.2) is 0 Å². The molecule has 18 heavy (non-hydrogen) atoms. The van der Waals surface area contributed by atoms with E-state index in [4.69, 9.17) is 5.73 Å². The summed E-state index contributed by atoms with van der Waals surface area (Å²) in [6.07, 6.45) is 15.4. The number of hydrogen-bond donors (Lipinski definition) is 1. The zero-order valence-electron chi connectivity index (χ0n) is 11.7. The Morgan fingerprint density at radius 3 is 1.89 bits per heavy atom. The maximum atomic E-state index is 6.11. The molecule has 2 N–H and O–H groups in total.